The number of esters is 1. The topological polar surface area (TPSA) is 88.4 Å². The first kappa shape index (κ1) is 22.7. The molecule has 3 rings (SSSR count). The van der Waals surface area contributed by atoms with Crippen molar-refractivity contribution in [1.82, 2.24) is 4.90 Å². The Morgan fingerprint density at radius 3 is 2.74 bits per heavy atom. The monoisotopic (exact) mass is 460 g/mol. The Bertz CT molecular complexity index is 1080. The number of nitrogens with zero attached hydrogens (tertiary/aromatic N) is 2. The molecule has 0 aromatic heterocycles. The van der Waals surface area contributed by atoms with Crippen LogP contribution in [0.15, 0.2) is 46.3 Å². The first-order chi connectivity index (χ1) is 14.8. The molecule has 0 aliphatic carbocycles. The maximum Gasteiger partial charge on any atom is 0.338 e. The van der Waals surface area contributed by atoms with E-state index in [1.165, 1.54) is 16.7 Å². The van der Waals surface area contributed by atoms with Gasteiger partial charge in [0.2, 0.25) is 0 Å². The van der Waals surface area contributed by atoms with Gasteiger partial charge in [0.05, 0.1) is 34.4 Å². The minimum Gasteiger partial charge on any atom is -0.503 e. The van der Waals surface area contributed by atoms with Crippen molar-refractivity contribution < 1.29 is 24.2 Å². The third kappa shape index (κ3) is 5.21. The van der Waals surface area contributed by atoms with Gasteiger partial charge in [-0.1, -0.05) is 17.7 Å². The standard InChI is InChI=1S/C22H21ClN2O5S/c1-4-29-17-10-13(9-16(23)19(17)26)11-18-20(27)25(3)22(31-18)24-15-8-6-7-14(12-15)21(28)30-5-2/h6-12,26H,4-5H2,1-3H3. The van der Waals surface area contributed by atoms with Crippen LogP contribution in [0.4, 0.5) is 5.69 Å². The molecular formula is C22H21ClN2O5S. The van der Waals surface area contributed by atoms with E-state index in [9.17, 15) is 14.7 Å². The number of benzene rings is 2. The predicted molar refractivity (Wildman–Crippen MR) is 122 cm³/mol. The van der Waals surface area contributed by atoms with Gasteiger partial charge >= 0.3 is 5.97 Å². The molecular weight excluding hydrogens is 440 g/mol. The van der Waals surface area contributed by atoms with Gasteiger partial charge in [0.15, 0.2) is 16.7 Å². The first-order valence-corrected chi connectivity index (χ1v) is 10.7. The highest BCUT2D eigenvalue weighted by atomic mass is 35.5. The van der Waals surface area contributed by atoms with Gasteiger partial charge in [-0.2, -0.15) is 0 Å². The fourth-order valence-corrected chi connectivity index (χ4v) is 3.98. The fraction of sp³-hybridized carbons (Fsp3) is 0.227. The third-order valence-corrected chi connectivity index (χ3v) is 5.58. The second-order valence-corrected chi connectivity index (χ2v) is 7.84. The van der Waals surface area contributed by atoms with Crippen molar-refractivity contribution in [3.8, 4) is 11.5 Å². The number of halogens is 1. The highest BCUT2D eigenvalue weighted by molar-refractivity contribution is 8.18. The molecule has 0 spiro atoms. The Morgan fingerprint density at radius 2 is 2.03 bits per heavy atom. The normalized spacial score (nSPS) is 16.3. The lowest BCUT2D eigenvalue weighted by atomic mass is 10.2. The molecule has 7 nitrogen and oxygen atoms in total. The number of aliphatic imine (C=N–C) groups is 1. The number of amides is 1. The number of hydrogen-bond acceptors (Lipinski definition) is 7. The Hall–Kier alpha value is -2.97. The minimum atomic E-state index is -0.428. The van der Waals surface area contributed by atoms with E-state index in [0.717, 1.165) is 0 Å². The lowest BCUT2D eigenvalue weighted by molar-refractivity contribution is -0.121. The smallest absolute Gasteiger partial charge is 0.338 e. The van der Waals surface area contributed by atoms with E-state index in [2.05, 4.69) is 4.99 Å². The number of amidine groups is 1. The van der Waals surface area contributed by atoms with Gasteiger partial charge in [-0.25, -0.2) is 9.79 Å². The molecule has 2 aromatic carbocycles. The molecule has 0 saturated carbocycles. The Kier molecular flexibility index (Phi) is 7.25. The van der Waals surface area contributed by atoms with Crippen molar-refractivity contribution in [3.05, 3.63) is 57.5 Å². The van der Waals surface area contributed by atoms with Crippen LogP contribution < -0.4 is 4.74 Å². The van der Waals surface area contributed by atoms with Crippen LogP contribution in [-0.4, -0.2) is 47.3 Å². The number of hydrogen-bond donors (Lipinski definition) is 1. The molecule has 1 heterocycles. The van der Waals surface area contributed by atoms with Crippen LogP contribution in [0.5, 0.6) is 11.5 Å². The molecule has 31 heavy (non-hydrogen) atoms. The number of thioether (sulfide) groups is 1. The lowest BCUT2D eigenvalue weighted by Gasteiger charge is -2.08. The number of aromatic hydroxyl groups is 1. The zero-order valence-corrected chi connectivity index (χ0v) is 18.8. The molecule has 0 bridgehead atoms. The van der Waals surface area contributed by atoms with Gasteiger partial charge in [-0.3, -0.25) is 9.69 Å². The van der Waals surface area contributed by atoms with Gasteiger partial charge < -0.3 is 14.6 Å². The van der Waals surface area contributed by atoms with Crippen molar-refractivity contribution in [1.29, 1.82) is 0 Å². The average Bonchev–Trinajstić information content (AvgIpc) is 3.00. The predicted octanol–water partition coefficient (Wildman–Crippen LogP) is 4.85. The summed E-state index contributed by atoms with van der Waals surface area (Å²) in [7, 11) is 1.62. The Labute approximate surface area is 189 Å². The maximum atomic E-state index is 12.7. The quantitative estimate of drug-likeness (QED) is 0.489. The van der Waals surface area contributed by atoms with Crippen molar-refractivity contribution in [3.63, 3.8) is 0 Å². The van der Waals surface area contributed by atoms with Crippen molar-refractivity contribution in [2.75, 3.05) is 20.3 Å². The van der Waals surface area contributed by atoms with Gasteiger partial charge in [-0.05, 0) is 67.6 Å². The molecule has 0 radical (unpaired) electrons. The summed E-state index contributed by atoms with van der Waals surface area (Å²) < 4.78 is 10.4. The van der Waals surface area contributed by atoms with Crippen LogP contribution in [0.2, 0.25) is 5.02 Å². The van der Waals surface area contributed by atoms with Crippen molar-refractivity contribution >= 4 is 52.2 Å². The van der Waals surface area contributed by atoms with Gasteiger partial charge in [-0.15, -0.1) is 0 Å². The van der Waals surface area contributed by atoms with Crippen molar-refractivity contribution in [2.45, 2.75) is 13.8 Å². The summed E-state index contributed by atoms with van der Waals surface area (Å²) in [6, 6.07) is 9.87. The summed E-state index contributed by atoms with van der Waals surface area (Å²) >= 11 is 7.28. The molecule has 9 heteroatoms. The van der Waals surface area contributed by atoms with E-state index in [1.54, 1.807) is 63.4 Å². The molecule has 1 saturated heterocycles. The highest BCUT2D eigenvalue weighted by Crippen LogP contribution is 2.38. The lowest BCUT2D eigenvalue weighted by Crippen LogP contribution is -2.23. The molecule has 1 N–H and O–H groups in total. The average molecular weight is 461 g/mol. The van der Waals surface area contributed by atoms with Crippen molar-refractivity contribution in [2.24, 2.45) is 4.99 Å². The number of likely N-dealkylation sites (N-methyl/N-ethyl adjacent to an activating group) is 1. The SMILES string of the molecule is CCOC(=O)c1cccc(N=C2SC(=Cc3cc(Cl)c(O)c(OCC)c3)C(=O)N2C)c1. The van der Waals surface area contributed by atoms with Crippen LogP contribution in [0.1, 0.15) is 29.8 Å². The Morgan fingerprint density at radius 1 is 1.26 bits per heavy atom. The van der Waals surface area contributed by atoms with Crippen LogP contribution in [0, 0.1) is 0 Å². The second kappa shape index (κ2) is 9.89. The van der Waals surface area contributed by atoms with E-state index < -0.39 is 5.97 Å². The summed E-state index contributed by atoms with van der Waals surface area (Å²) in [4.78, 5) is 31.0. The van der Waals surface area contributed by atoms with Crippen LogP contribution in [0.25, 0.3) is 6.08 Å². The highest BCUT2D eigenvalue weighted by Gasteiger charge is 2.30. The largest absolute Gasteiger partial charge is 0.503 e. The summed E-state index contributed by atoms with van der Waals surface area (Å²) in [5, 5.41) is 10.6. The molecule has 0 unspecified atom stereocenters. The van der Waals surface area contributed by atoms with Gasteiger partial charge in [0, 0.05) is 7.05 Å². The summed E-state index contributed by atoms with van der Waals surface area (Å²) in [5.41, 5.74) is 1.53. The first-order valence-electron chi connectivity index (χ1n) is 9.52. The number of phenolic OH excluding ortho intramolecular Hbond substituents is 1. The molecule has 2 aromatic rings. The van der Waals surface area contributed by atoms with E-state index in [-0.39, 0.29) is 29.0 Å². The van der Waals surface area contributed by atoms with Gasteiger partial charge in [0.25, 0.3) is 5.91 Å². The number of carbonyl (C=O) groups is 2. The van der Waals surface area contributed by atoms with E-state index in [1.807, 2.05) is 0 Å². The summed E-state index contributed by atoms with van der Waals surface area (Å²) in [6.07, 6.45) is 1.66. The molecule has 1 aliphatic heterocycles. The van der Waals surface area contributed by atoms with Crippen LogP contribution >= 0.6 is 23.4 Å². The zero-order chi connectivity index (χ0) is 22.5. The molecule has 1 fully saturated rings. The maximum absolute atomic E-state index is 12.7. The number of phenols is 1. The Balaban J connectivity index is 1.89. The molecule has 1 aliphatic rings. The summed E-state index contributed by atoms with van der Waals surface area (Å²) in [5.74, 6) is -0.553. The third-order valence-electron chi connectivity index (χ3n) is 4.23. The zero-order valence-electron chi connectivity index (χ0n) is 17.2. The van der Waals surface area contributed by atoms with E-state index in [4.69, 9.17) is 21.1 Å². The number of rotatable bonds is 6. The van der Waals surface area contributed by atoms with E-state index >= 15 is 0 Å². The molecule has 0 atom stereocenters. The van der Waals surface area contributed by atoms with Gasteiger partial charge in [0.1, 0.15) is 0 Å². The van der Waals surface area contributed by atoms with Crippen LogP contribution in [-0.2, 0) is 9.53 Å². The fourth-order valence-electron chi connectivity index (χ4n) is 2.77. The number of ether oxygens (including phenoxy) is 2. The van der Waals surface area contributed by atoms with E-state index in [0.29, 0.717) is 33.5 Å². The van der Waals surface area contributed by atoms with Crippen LogP contribution in [0.3, 0.4) is 0 Å². The molecule has 1 amide bonds. The summed E-state index contributed by atoms with van der Waals surface area (Å²) in [6.45, 7) is 4.18. The molecule has 162 valence electrons. The minimum absolute atomic E-state index is 0.131. The second-order valence-electron chi connectivity index (χ2n) is 6.42. The number of carbonyl (C=O) groups excluding carboxylic acids is 2.